The Labute approximate surface area is 406 Å². The number of para-hydroxylation sites is 2. The van der Waals surface area contributed by atoms with Crippen LogP contribution in [0.2, 0.25) is 5.15 Å². The number of methoxy groups -OCH3 is 2. The molecule has 0 saturated carbocycles. The highest BCUT2D eigenvalue weighted by molar-refractivity contribution is 6.29. The molecule has 0 unspecified atom stereocenters. The van der Waals surface area contributed by atoms with E-state index in [2.05, 4.69) is 75.9 Å². The number of likely N-dealkylation sites (N-methyl/N-ethyl adjacent to an activating group) is 1. The number of ether oxygens (including phenoxy) is 2. The zero-order valence-corrected chi connectivity index (χ0v) is 40.6. The third-order valence-corrected chi connectivity index (χ3v) is 13.7. The summed E-state index contributed by atoms with van der Waals surface area (Å²) >= 11 is 5.99. The first-order valence-electron chi connectivity index (χ1n) is 23.8. The maximum atomic E-state index is 6.19. The van der Waals surface area contributed by atoms with Crippen molar-refractivity contribution < 1.29 is 9.47 Å². The summed E-state index contributed by atoms with van der Waals surface area (Å²) in [6.45, 7) is 11.9. The smallest absolute Gasteiger partial charge is 0.223 e. The first-order valence-corrected chi connectivity index (χ1v) is 24.1. The van der Waals surface area contributed by atoms with E-state index in [0.29, 0.717) is 51.3 Å². The molecule has 12 rings (SSSR count). The van der Waals surface area contributed by atoms with Crippen LogP contribution in [-0.2, 0) is 39.0 Å². The van der Waals surface area contributed by atoms with E-state index >= 15 is 0 Å². The Morgan fingerprint density at radius 1 is 0.551 bits per heavy atom. The number of hydrogen-bond acceptors (Lipinski definition) is 17. The van der Waals surface area contributed by atoms with E-state index < -0.39 is 0 Å². The van der Waals surface area contributed by atoms with E-state index in [1.165, 1.54) is 49.2 Å². The van der Waals surface area contributed by atoms with Crippen LogP contribution >= 0.6 is 11.6 Å². The molecule has 360 valence electrons. The molecule has 2 fully saturated rings. The molecule has 6 aromatic heterocycles. The second kappa shape index (κ2) is 20.2. The van der Waals surface area contributed by atoms with Gasteiger partial charge in [0.1, 0.15) is 33.5 Å². The molecular formula is C49H60ClN17O2. The molecule has 8 aromatic rings. The molecule has 69 heavy (non-hydrogen) atoms. The highest BCUT2D eigenvalue weighted by Crippen LogP contribution is 2.30. The summed E-state index contributed by atoms with van der Waals surface area (Å²) in [6, 6.07) is 19.8. The average molecular weight is 955 g/mol. The molecule has 10 heterocycles. The number of halogens is 1. The van der Waals surface area contributed by atoms with Crippen LogP contribution < -0.4 is 25.8 Å². The Bertz CT molecular complexity index is 3110. The Balaban J connectivity index is 0.000000142. The third kappa shape index (κ3) is 10.0. The van der Waals surface area contributed by atoms with Crippen LogP contribution in [0.5, 0.6) is 11.5 Å². The quantitative estimate of drug-likeness (QED) is 0.180. The van der Waals surface area contributed by atoms with Gasteiger partial charge in [-0.3, -0.25) is 9.80 Å². The molecule has 0 radical (unpaired) electrons. The van der Waals surface area contributed by atoms with Gasteiger partial charge in [-0.05, 0) is 87.6 Å². The lowest BCUT2D eigenvalue weighted by atomic mass is 10.1. The van der Waals surface area contributed by atoms with Crippen molar-refractivity contribution in [2.75, 3.05) is 97.0 Å². The molecule has 0 aliphatic carbocycles. The van der Waals surface area contributed by atoms with Gasteiger partial charge in [-0.15, -0.1) is 10.2 Å². The number of piperidine rings is 1. The molecule has 0 spiro atoms. The third-order valence-electron chi connectivity index (χ3n) is 13.4. The van der Waals surface area contributed by atoms with Gasteiger partial charge in [0.2, 0.25) is 11.9 Å². The fourth-order valence-corrected chi connectivity index (χ4v) is 9.74. The van der Waals surface area contributed by atoms with E-state index in [-0.39, 0.29) is 5.95 Å². The van der Waals surface area contributed by atoms with Crippen LogP contribution in [0.3, 0.4) is 0 Å². The van der Waals surface area contributed by atoms with E-state index in [0.717, 1.165) is 106 Å². The van der Waals surface area contributed by atoms with Gasteiger partial charge >= 0.3 is 0 Å². The van der Waals surface area contributed by atoms with Crippen LogP contribution in [-0.4, -0.2) is 149 Å². The summed E-state index contributed by atoms with van der Waals surface area (Å²) in [5.74, 6) is 4.52. The number of rotatable bonds is 9. The lowest BCUT2D eigenvalue weighted by molar-refractivity contribution is 0.277. The normalized spacial score (nSPS) is 16.7. The second-order valence-electron chi connectivity index (χ2n) is 18.3. The summed E-state index contributed by atoms with van der Waals surface area (Å²) in [7, 11) is 7.61. The standard InChI is InChI=1S/C24H29N9O.C19H18ClN7O.C6H13N/c1-30-10-12-32(13-11-30)21-7-6-16-14-31(15-18(16)26-21)9-8-20-27-23-17-4-3-5-19(34-2)22(17)28-24(25)33(23)29-20;1-28-14-4-2-3-12-17(14)24-19(21)27-18(12)23-16(25-27)7-8-26-9-11-5-6-15(20)22-13(11)10-26;1-7-5-3-2-4-6-7/h3-7H,8-15H2,1-2H3,(H2,25,28);2-6H,7-10H2,1H3,(H2,21,24);2-6H2,1H3. The van der Waals surface area contributed by atoms with Gasteiger partial charge in [-0.2, -0.15) is 9.03 Å². The zero-order valence-electron chi connectivity index (χ0n) is 39.9. The lowest BCUT2D eigenvalue weighted by Gasteiger charge is -2.33. The molecule has 0 amide bonds. The number of benzene rings is 2. The Hall–Kier alpha value is -6.51. The van der Waals surface area contributed by atoms with E-state index in [1.807, 2.05) is 48.5 Å². The summed E-state index contributed by atoms with van der Waals surface area (Å²) in [5.41, 5.74) is 19.8. The number of fused-ring (bicyclic) bond motifs is 8. The van der Waals surface area contributed by atoms with Crippen molar-refractivity contribution >= 4 is 62.4 Å². The van der Waals surface area contributed by atoms with Crippen molar-refractivity contribution in [2.24, 2.45) is 0 Å². The lowest BCUT2D eigenvalue weighted by Crippen LogP contribution is -2.44. The van der Waals surface area contributed by atoms with E-state index in [1.54, 1.807) is 23.3 Å². The average Bonchev–Trinajstić information content (AvgIpc) is 4.18. The molecule has 19 nitrogen and oxygen atoms in total. The van der Waals surface area contributed by atoms with Gasteiger partial charge in [0.25, 0.3) is 0 Å². The Morgan fingerprint density at radius 3 is 1.57 bits per heavy atom. The fraction of sp³-hybridized carbons (Fsp3) is 0.429. The summed E-state index contributed by atoms with van der Waals surface area (Å²) in [6.07, 6.45) is 5.71. The minimum absolute atomic E-state index is 0.290. The van der Waals surface area contributed by atoms with Crippen LogP contribution in [0.15, 0.2) is 60.7 Å². The van der Waals surface area contributed by atoms with Crippen LogP contribution in [0.4, 0.5) is 17.7 Å². The van der Waals surface area contributed by atoms with Gasteiger partial charge < -0.3 is 35.6 Å². The number of aromatic nitrogens is 10. The molecule has 4 aliphatic heterocycles. The minimum atomic E-state index is 0.290. The number of nitrogen functional groups attached to an aromatic ring is 2. The molecule has 20 heteroatoms. The highest BCUT2D eigenvalue weighted by atomic mass is 35.5. The fourth-order valence-electron chi connectivity index (χ4n) is 9.58. The van der Waals surface area contributed by atoms with Crippen LogP contribution in [0.1, 0.15) is 53.4 Å². The Morgan fingerprint density at radius 2 is 1.06 bits per heavy atom. The second-order valence-corrected chi connectivity index (χ2v) is 18.7. The van der Waals surface area contributed by atoms with Gasteiger partial charge in [-0.25, -0.2) is 29.9 Å². The largest absolute Gasteiger partial charge is 0.494 e. The molecule has 4 N–H and O–H groups in total. The number of nitrogens with two attached hydrogens (primary N) is 2. The summed E-state index contributed by atoms with van der Waals surface area (Å²) in [5, 5.41) is 11.5. The molecule has 2 saturated heterocycles. The van der Waals surface area contributed by atoms with E-state index in [4.69, 9.17) is 47.5 Å². The van der Waals surface area contributed by atoms with E-state index in [9.17, 15) is 0 Å². The van der Waals surface area contributed by atoms with Gasteiger partial charge in [0, 0.05) is 89.1 Å². The van der Waals surface area contributed by atoms with Crippen LogP contribution in [0, 0.1) is 0 Å². The number of likely N-dealkylation sites (tertiary alicyclic amines) is 1. The van der Waals surface area contributed by atoms with Crippen molar-refractivity contribution in [3.8, 4) is 11.5 Å². The number of pyridine rings is 2. The number of anilines is 3. The molecule has 4 aliphatic rings. The summed E-state index contributed by atoms with van der Waals surface area (Å²) in [4.78, 5) is 39.7. The van der Waals surface area contributed by atoms with Crippen molar-refractivity contribution in [1.29, 1.82) is 0 Å². The topological polar surface area (TPSA) is 199 Å². The SMILES string of the molecule is CN1CCCCC1.COc1cccc2c1nc(N)n1nc(CCN3Cc4ccc(Cl)nc4C3)nc21.COc1cccc2c1nc(N)n1nc(CCN3Cc4ccc(N5CCN(C)CC5)nc4C3)nc21. The van der Waals surface area contributed by atoms with Gasteiger partial charge in [0.15, 0.2) is 22.9 Å². The number of nitrogens with zero attached hydrogens (tertiary/aromatic N) is 15. The van der Waals surface area contributed by atoms with Crippen LogP contribution in [0.25, 0.3) is 33.1 Å². The molecule has 2 aromatic carbocycles. The predicted molar refractivity (Wildman–Crippen MR) is 269 cm³/mol. The van der Waals surface area contributed by atoms with Crippen molar-refractivity contribution in [3.63, 3.8) is 0 Å². The van der Waals surface area contributed by atoms with Gasteiger partial charge in [0.05, 0.1) is 25.6 Å². The maximum Gasteiger partial charge on any atom is 0.223 e. The maximum absolute atomic E-state index is 6.19. The molecule has 0 bridgehead atoms. The Kier molecular flexibility index (Phi) is 13.5. The monoisotopic (exact) mass is 953 g/mol. The molecule has 0 atom stereocenters. The zero-order chi connectivity index (χ0) is 47.6. The summed E-state index contributed by atoms with van der Waals surface area (Å²) < 4.78 is 14.1. The molecular weight excluding hydrogens is 894 g/mol. The predicted octanol–water partition coefficient (Wildman–Crippen LogP) is 5.15. The number of piperazine rings is 1. The first kappa shape index (κ1) is 46.2. The minimum Gasteiger partial charge on any atom is -0.494 e. The number of hydrogen-bond donors (Lipinski definition) is 2. The van der Waals surface area contributed by atoms with Crippen molar-refractivity contribution in [2.45, 2.75) is 58.3 Å². The van der Waals surface area contributed by atoms with Crippen molar-refractivity contribution in [3.05, 3.63) is 100.0 Å². The van der Waals surface area contributed by atoms with Gasteiger partial charge in [-0.1, -0.05) is 42.3 Å². The highest BCUT2D eigenvalue weighted by Gasteiger charge is 2.25. The van der Waals surface area contributed by atoms with Crippen molar-refractivity contribution in [1.82, 2.24) is 68.7 Å². The first-order chi connectivity index (χ1) is 33.6.